The zero-order valence-electron chi connectivity index (χ0n) is 5.54. The van der Waals surface area contributed by atoms with E-state index >= 15 is 0 Å². The van der Waals surface area contributed by atoms with Gasteiger partial charge in [-0.3, -0.25) is 0 Å². The van der Waals surface area contributed by atoms with Gasteiger partial charge in [-0.15, -0.1) is 0 Å². The Hall–Kier alpha value is 1.03. The van der Waals surface area contributed by atoms with Crippen LogP contribution in [0.4, 0.5) is 0 Å². The quantitative estimate of drug-likeness (QED) is 0.645. The molecule has 0 amide bonds. The summed E-state index contributed by atoms with van der Waals surface area (Å²) >= 11 is -4.30. The van der Waals surface area contributed by atoms with Gasteiger partial charge in [-0.25, -0.2) is 0 Å². The van der Waals surface area contributed by atoms with Crippen molar-refractivity contribution < 1.29 is 70.6 Å². The summed E-state index contributed by atoms with van der Waals surface area (Å²) in [5, 5.41) is 0. The molecule has 76 valence electrons. The summed E-state index contributed by atoms with van der Waals surface area (Å²) in [7, 11) is -9.75. The van der Waals surface area contributed by atoms with E-state index in [-0.39, 0.29) is 0 Å². The Balaban J connectivity index is 4.60. The van der Waals surface area contributed by atoms with Crippen LogP contribution in [-0.4, -0.2) is 9.79 Å². The Kier molecular flexibility index (Phi) is 6.26. The zero-order chi connectivity index (χ0) is 10.5. The fourth-order valence-corrected chi connectivity index (χ4v) is 4.05. The molecule has 0 aliphatic heterocycles. The second-order valence-corrected chi connectivity index (χ2v) is 6.18. The first kappa shape index (κ1) is 14.0. The van der Waals surface area contributed by atoms with Crippen molar-refractivity contribution in [3.63, 3.8) is 0 Å². The van der Waals surface area contributed by atoms with E-state index in [9.17, 15) is 16.5 Å². The first-order valence-corrected chi connectivity index (χ1v) is 7.50. The minimum atomic E-state index is -5.11. The van der Waals surface area contributed by atoms with Crippen LogP contribution in [0.2, 0.25) is 0 Å². The molecule has 0 unspecified atom stereocenters. The maximum atomic E-state index is 10.9. The van der Waals surface area contributed by atoms with Crippen molar-refractivity contribution in [2.45, 2.75) is 0 Å². The van der Waals surface area contributed by atoms with Crippen molar-refractivity contribution in [3.05, 3.63) is 0 Å². The molecule has 0 aromatic heterocycles. The average molecular weight is 310 g/mol. The van der Waals surface area contributed by atoms with Gasteiger partial charge in [0.1, 0.15) is 0 Å². The molecule has 0 aromatic carbocycles. The van der Waals surface area contributed by atoms with Crippen LogP contribution in [0.15, 0.2) is 0 Å². The third-order valence-corrected chi connectivity index (χ3v) is 5.16. The predicted octanol–water partition coefficient (Wildman–Crippen LogP) is -0.0770. The molecule has 0 saturated heterocycles. The molecule has 9 nitrogen and oxygen atoms in total. The molecule has 0 saturated carbocycles. The van der Waals surface area contributed by atoms with Crippen molar-refractivity contribution in [2.24, 2.45) is 0 Å². The molecule has 0 aromatic rings. The van der Waals surface area contributed by atoms with Crippen molar-refractivity contribution in [3.8, 4) is 0 Å². The van der Waals surface area contributed by atoms with Crippen LogP contribution < -0.4 is 0 Å². The van der Waals surface area contributed by atoms with Gasteiger partial charge in [-0.05, 0) is 0 Å². The van der Waals surface area contributed by atoms with Gasteiger partial charge in [0.15, 0.2) is 0 Å². The zero-order valence-corrected chi connectivity index (χ0v) is 10.1. The van der Waals surface area contributed by atoms with Crippen molar-refractivity contribution in [2.75, 3.05) is 0 Å². The van der Waals surface area contributed by atoms with Gasteiger partial charge >= 0.3 is 86.3 Å². The molecule has 13 heavy (non-hydrogen) atoms. The van der Waals surface area contributed by atoms with E-state index < -0.39 is 48.8 Å². The fraction of sp³-hybridized carbons (Fsp3) is 0. The molecular formula is H2O9P2V2. The van der Waals surface area contributed by atoms with Gasteiger partial charge in [0, 0.05) is 0 Å². The van der Waals surface area contributed by atoms with Crippen LogP contribution in [-0.2, 0) is 60.9 Å². The molecule has 0 spiro atoms. The fourth-order valence-electron chi connectivity index (χ4n) is 0.257. The van der Waals surface area contributed by atoms with Gasteiger partial charge in [-0.2, -0.15) is 0 Å². The monoisotopic (exact) mass is 310 g/mol. The topological polar surface area (TPSA) is 136 Å². The first-order valence-electron chi connectivity index (χ1n) is 2.23. The van der Waals surface area contributed by atoms with E-state index in [0.717, 1.165) is 0 Å². The van der Waals surface area contributed by atoms with E-state index in [2.05, 4.69) is 11.2 Å². The number of hydrogen-bond donors (Lipinski definition) is 2. The summed E-state index contributed by atoms with van der Waals surface area (Å²) in [6, 6.07) is 0. The molecule has 0 radical (unpaired) electrons. The second kappa shape index (κ2) is 5.80. The number of phosphoric acid groups is 2. The van der Waals surface area contributed by atoms with Gasteiger partial charge in [-0.1, -0.05) is 0 Å². The molecule has 0 aliphatic rings. The summed E-state index contributed by atoms with van der Waals surface area (Å²) in [4.78, 5) is 16.4. The minimum absolute atomic E-state index is 2.15. The van der Waals surface area contributed by atoms with Crippen LogP contribution in [0, 0.1) is 0 Å². The predicted molar refractivity (Wildman–Crippen MR) is 24.3 cm³/mol. The average Bonchev–Trinajstić information content (AvgIpc) is 1.82. The van der Waals surface area contributed by atoms with Crippen LogP contribution in [0.25, 0.3) is 0 Å². The third kappa shape index (κ3) is 7.02. The van der Waals surface area contributed by atoms with E-state index in [1.807, 2.05) is 0 Å². The Bertz CT molecular complexity index is 261. The molecule has 0 heterocycles. The summed E-state index contributed by atoms with van der Waals surface area (Å²) in [5.74, 6) is 0. The number of rotatable bonds is 6. The Morgan fingerprint density at radius 2 is 1.38 bits per heavy atom. The molecular weight excluding hydrogens is 308 g/mol. The Labute approximate surface area is 86.3 Å². The van der Waals surface area contributed by atoms with Gasteiger partial charge < -0.3 is 0 Å². The van der Waals surface area contributed by atoms with Crippen LogP contribution in [0.3, 0.4) is 0 Å². The van der Waals surface area contributed by atoms with Crippen molar-refractivity contribution in [1.82, 2.24) is 0 Å². The van der Waals surface area contributed by atoms with Gasteiger partial charge in [0.05, 0.1) is 0 Å². The molecule has 0 atom stereocenters. The summed E-state index contributed by atoms with van der Waals surface area (Å²) in [6.07, 6.45) is 0. The summed E-state index contributed by atoms with van der Waals surface area (Å²) in [6.45, 7) is 0. The summed E-state index contributed by atoms with van der Waals surface area (Å²) in [5.41, 5.74) is 0. The van der Waals surface area contributed by atoms with E-state index in [1.54, 1.807) is 0 Å². The Morgan fingerprint density at radius 3 is 1.62 bits per heavy atom. The van der Waals surface area contributed by atoms with Gasteiger partial charge in [0.25, 0.3) is 0 Å². The molecule has 0 fully saturated rings. The van der Waals surface area contributed by atoms with Gasteiger partial charge in [0.2, 0.25) is 0 Å². The molecule has 2 N–H and O–H groups in total. The molecule has 0 bridgehead atoms. The standard InChI is InChI=1S/H4O7P2.2O.2V/c1-8(2,3)7-9(4,5)6;;;;/h(H2,1,2,3)(H2,4,5,6);;;;/q;;;2*+1/p-2. The second-order valence-electron chi connectivity index (χ2n) is 1.33. The normalized spacial score (nSPS) is 12.5. The van der Waals surface area contributed by atoms with E-state index in [4.69, 9.17) is 9.79 Å². The third-order valence-electron chi connectivity index (χ3n) is 0.473. The van der Waals surface area contributed by atoms with Crippen molar-refractivity contribution in [1.29, 1.82) is 0 Å². The van der Waals surface area contributed by atoms with E-state index in [1.165, 1.54) is 0 Å². The van der Waals surface area contributed by atoms with Crippen LogP contribution in [0.5, 0.6) is 0 Å². The Morgan fingerprint density at radius 1 is 1.00 bits per heavy atom. The summed E-state index contributed by atoms with van der Waals surface area (Å²) < 4.78 is 52.1. The maximum absolute atomic E-state index is 10.9. The van der Waals surface area contributed by atoms with E-state index in [0.29, 0.717) is 0 Å². The van der Waals surface area contributed by atoms with Crippen molar-refractivity contribution >= 4 is 15.6 Å². The van der Waals surface area contributed by atoms with Crippen LogP contribution in [0.1, 0.15) is 0 Å². The molecule has 0 rings (SSSR count). The number of hydrogen-bond acceptors (Lipinski definition) is 7. The molecule has 0 aliphatic carbocycles. The SMILES string of the molecule is [O]=[V][O]P(=O)([O][V]=[O])OP(=O)(O)O. The first-order chi connectivity index (χ1) is 5.83. The van der Waals surface area contributed by atoms with Crippen LogP contribution >= 0.6 is 15.6 Å². The molecule has 13 heteroatoms.